The summed E-state index contributed by atoms with van der Waals surface area (Å²) in [7, 11) is 1.46. The lowest BCUT2D eigenvalue weighted by atomic mass is 10.3. The van der Waals surface area contributed by atoms with Gasteiger partial charge in [0.25, 0.3) is 0 Å². The predicted octanol–water partition coefficient (Wildman–Crippen LogP) is 2.18. The molecule has 0 spiro atoms. The average molecular weight is 188 g/mol. The van der Waals surface area contributed by atoms with Crippen molar-refractivity contribution in [3.05, 3.63) is 24.0 Å². The van der Waals surface area contributed by atoms with Crippen molar-refractivity contribution < 1.29 is 18.3 Å². The number of ether oxygens (including phenoxy) is 2. The van der Waals surface area contributed by atoms with Gasteiger partial charge in [-0.3, -0.25) is 0 Å². The highest BCUT2D eigenvalue weighted by molar-refractivity contribution is 5.34. The fourth-order valence-corrected chi connectivity index (χ4v) is 0.870. The van der Waals surface area contributed by atoms with Crippen LogP contribution in [0.5, 0.6) is 11.5 Å². The third-order valence-electron chi connectivity index (χ3n) is 1.47. The van der Waals surface area contributed by atoms with Crippen LogP contribution in [0.2, 0.25) is 0 Å². The highest BCUT2D eigenvalue weighted by Crippen LogP contribution is 2.22. The molecule has 4 heteroatoms. The third-order valence-corrected chi connectivity index (χ3v) is 1.47. The molecule has 2 nitrogen and oxygen atoms in total. The van der Waals surface area contributed by atoms with Gasteiger partial charge in [-0.2, -0.15) is 0 Å². The van der Waals surface area contributed by atoms with Gasteiger partial charge in [-0.05, 0) is 12.1 Å². The summed E-state index contributed by atoms with van der Waals surface area (Å²) < 4.78 is 34.3. The molecule has 1 aromatic carbocycles. The second-order valence-corrected chi connectivity index (χ2v) is 2.33. The summed E-state index contributed by atoms with van der Waals surface area (Å²) in [6.07, 6.45) is 0. The molecular formula is C9H10F2O2. The largest absolute Gasteiger partial charge is 0.497 e. The first-order chi connectivity index (χ1) is 6.27. The van der Waals surface area contributed by atoms with Crippen LogP contribution < -0.4 is 9.47 Å². The predicted molar refractivity (Wildman–Crippen MR) is 44.4 cm³/mol. The molecule has 1 aromatic rings. The zero-order valence-corrected chi connectivity index (χ0v) is 7.22. The smallest absolute Gasteiger partial charge is 0.165 e. The molecule has 0 fully saturated rings. The van der Waals surface area contributed by atoms with Gasteiger partial charge < -0.3 is 9.47 Å². The summed E-state index contributed by atoms with van der Waals surface area (Å²) in [5, 5.41) is 0. The van der Waals surface area contributed by atoms with Crippen molar-refractivity contribution in [3.63, 3.8) is 0 Å². The lowest BCUT2D eigenvalue weighted by molar-refractivity contribution is 0.261. The molecule has 0 atom stereocenters. The van der Waals surface area contributed by atoms with Gasteiger partial charge in [0.1, 0.15) is 19.0 Å². The minimum absolute atomic E-state index is 0.0111. The molecule has 0 heterocycles. The molecule has 0 unspecified atom stereocenters. The molecule has 0 amide bonds. The normalized spacial score (nSPS) is 9.77. The summed E-state index contributed by atoms with van der Waals surface area (Å²) >= 11 is 0. The highest BCUT2D eigenvalue weighted by atomic mass is 19.1. The molecule has 0 aliphatic carbocycles. The topological polar surface area (TPSA) is 18.5 Å². The number of rotatable bonds is 4. The van der Waals surface area contributed by atoms with Gasteiger partial charge in [0.2, 0.25) is 0 Å². The van der Waals surface area contributed by atoms with Crippen LogP contribution in [-0.4, -0.2) is 20.4 Å². The van der Waals surface area contributed by atoms with Crippen molar-refractivity contribution in [1.29, 1.82) is 0 Å². The van der Waals surface area contributed by atoms with E-state index in [0.717, 1.165) is 0 Å². The fraction of sp³-hybridized carbons (Fsp3) is 0.333. The Morgan fingerprint density at radius 3 is 2.77 bits per heavy atom. The standard InChI is InChI=1S/C9H10F2O2/c1-12-7-2-3-8(11)9(6-7)13-5-4-10/h2-3,6H,4-5H2,1H3. The molecule has 72 valence electrons. The lowest BCUT2D eigenvalue weighted by Crippen LogP contribution is -2.00. The van der Waals surface area contributed by atoms with Crippen molar-refractivity contribution in [3.8, 4) is 11.5 Å². The van der Waals surface area contributed by atoms with Crippen LogP contribution in [0.3, 0.4) is 0 Å². The van der Waals surface area contributed by atoms with Crippen LogP contribution in [0.25, 0.3) is 0 Å². The van der Waals surface area contributed by atoms with Gasteiger partial charge in [0.05, 0.1) is 7.11 Å². The number of methoxy groups -OCH3 is 1. The van der Waals surface area contributed by atoms with Crippen molar-refractivity contribution in [2.75, 3.05) is 20.4 Å². The van der Waals surface area contributed by atoms with Gasteiger partial charge >= 0.3 is 0 Å². The minimum Gasteiger partial charge on any atom is -0.497 e. The van der Waals surface area contributed by atoms with Gasteiger partial charge in [-0.1, -0.05) is 0 Å². The Balaban J connectivity index is 2.78. The number of halogens is 2. The summed E-state index contributed by atoms with van der Waals surface area (Å²) in [5.74, 6) is -0.0264. The van der Waals surface area contributed by atoms with Gasteiger partial charge in [-0.25, -0.2) is 8.78 Å². The van der Waals surface area contributed by atoms with Crippen LogP contribution >= 0.6 is 0 Å². The Morgan fingerprint density at radius 1 is 1.38 bits per heavy atom. The van der Waals surface area contributed by atoms with Crippen molar-refractivity contribution in [2.24, 2.45) is 0 Å². The first-order valence-corrected chi connectivity index (χ1v) is 3.80. The van der Waals surface area contributed by atoms with Crippen molar-refractivity contribution in [1.82, 2.24) is 0 Å². The first-order valence-electron chi connectivity index (χ1n) is 3.80. The number of hydrogen-bond acceptors (Lipinski definition) is 2. The number of benzene rings is 1. The van der Waals surface area contributed by atoms with E-state index in [4.69, 9.17) is 9.47 Å². The Hall–Kier alpha value is -1.32. The molecule has 1 rings (SSSR count). The Bertz CT molecular complexity index is 276. The molecule has 0 aliphatic heterocycles. The van der Waals surface area contributed by atoms with Crippen LogP contribution in [0.4, 0.5) is 8.78 Å². The average Bonchev–Trinajstić information content (AvgIpc) is 2.17. The van der Waals surface area contributed by atoms with Crippen molar-refractivity contribution in [2.45, 2.75) is 0 Å². The maximum atomic E-state index is 12.9. The van der Waals surface area contributed by atoms with Crippen LogP contribution in [0.1, 0.15) is 0 Å². The molecule has 0 radical (unpaired) electrons. The molecule has 13 heavy (non-hydrogen) atoms. The quantitative estimate of drug-likeness (QED) is 0.721. The van der Waals surface area contributed by atoms with E-state index in [2.05, 4.69) is 0 Å². The van der Waals surface area contributed by atoms with E-state index in [9.17, 15) is 8.78 Å². The zero-order valence-electron chi connectivity index (χ0n) is 7.22. The van der Waals surface area contributed by atoms with Crippen molar-refractivity contribution >= 4 is 0 Å². The van der Waals surface area contributed by atoms with Gasteiger partial charge in [-0.15, -0.1) is 0 Å². The Morgan fingerprint density at radius 2 is 2.15 bits per heavy atom. The Labute approximate surface area is 75.1 Å². The number of hydrogen-bond donors (Lipinski definition) is 0. The van der Waals surface area contributed by atoms with E-state index in [1.807, 2.05) is 0 Å². The molecule has 0 bridgehead atoms. The number of alkyl halides is 1. The van der Waals surface area contributed by atoms with E-state index >= 15 is 0 Å². The Kier molecular flexibility index (Phi) is 3.49. The lowest BCUT2D eigenvalue weighted by Gasteiger charge is -2.06. The maximum Gasteiger partial charge on any atom is 0.165 e. The molecule has 0 aromatic heterocycles. The molecular weight excluding hydrogens is 178 g/mol. The van der Waals surface area contributed by atoms with Crippen LogP contribution in [0.15, 0.2) is 18.2 Å². The van der Waals surface area contributed by atoms with E-state index in [-0.39, 0.29) is 12.4 Å². The fourth-order valence-electron chi connectivity index (χ4n) is 0.870. The van der Waals surface area contributed by atoms with E-state index in [0.29, 0.717) is 5.75 Å². The van der Waals surface area contributed by atoms with E-state index < -0.39 is 12.5 Å². The van der Waals surface area contributed by atoms with Crippen LogP contribution in [0, 0.1) is 5.82 Å². The summed E-state index contributed by atoms with van der Waals surface area (Å²) in [6, 6.07) is 4.06. The third kappa shape index (κ3) is 2.57. The van der Waals surface area contributed by atoms with Gasteiger partial charge in [0.15, 0.2) is 11.6 Å². The van der Waals surface area contributed by atoms with E-state index in [1.165, 1.54) is 25.3 Å². The second-order valence-electron chi connectivity index (χ2n) is 2.33. The highest BCUT2D eigenvalue weighted by Gasteiger charge is 2.04. The van der Waals surface area contributed by atoms with Crippen LogP contribution in [-0.2, 0) is 0 Å². The zero-order chi connectivity index (χ0) is 9.68. The van der Waals surface area contributed by atoms with E-state index in [1.54, 1.807) is 0 Å². The summed E-state index contributed by atoms with van der Waals surface area (Å²) in [6.45, 7) is -0.791. The summed E-state index contributed by atoms with van der Waals surface area (Å²) in [4.78, 5) is 0. The summed E-state index contributed by atoms with van der Waals surface area (Å²) in [5.41, 5.74) is 0. The second kappa shape index (κ2) is 4.64. The maximum absolute atomic E-state index is 12.9. The SMILES string of the molecule is COc1ccc(F)c(OCCF)c1. The minimum atomic E-state index is -0.642. The molecule has 0 saturated heterocycles. The monoisotopic (exact) mass is 188 g/mol. The molecule has 0 N–H and O–H groups in total. The molecule has 0 aliphatic rings. The van der Waals surface area contributed by atoms with Gasteiger partial charge in [0, 0.05) is 6.07 Å². The molecule has 0 saturated carbocycles. The first kappa shape index (κ1) is 9.77.